The fourth-order valence-electron chi connectivity index (χ4n) is 1.86. The van der Waals surface area contributed by atoms with E-state index in [9.17, 15) is 4.79 Å². The van der Waals surface area contributed by atoms with Crippen LogP contribution in [-0.4, -0.2) is 39.1 Å². The van der Waals surface area contributed by atoms with Crippen molar-refractivity contribution in [1.29, 1.82) is 0 Å². The summed E-state index contributed by atoms with van der Waals surface area (Å²) in [6.07, 6.45) is 3.99. The first-order valence-corrected chi connectivity index (χ1v) is 7.45. The summed E-state index contributed by atoms with van der Waals surface area (Å²) in [4.78, 5) is 21.3. The van der Waals surface area contributed by atoms with Gasteiger partial charge in [-0.2, -0.15) is 12.6 Å². The van der Waals surface area contributed by atoms with Crippen LogP contribution in [0.2, 0.25) is 0 Å². The number of carbonyl (C=O) groups is 1. The molecule has 1 rings (SSSR count). The van der Waals surface area contributed by atoms with Crippen molar-refractivity contribution in [3.8, 4) is 0 Å². The van der Waals surface area contributed by atoms with E-state index in [1.165, 1.54) is 0 Å². The van der Waals surface area contributed by atoms with Gasteiger partial charge in [0.05, 0.1) is 11.3 Å². The molecule has 0 saturated carbocycles. The largest absolute Gasteiger partial charge is 0.444 e. The van der Waals surface area contributed by atoms with Gasteiger partial charge in [0.15, 0.2) is 0 Å². The summed E-state index contributed by atoms with van der Waals surface area (Å²) >= 11 is 4.58. The number of nitrogens with zero attached hydrogens (tertiary/aromatic N) is 2. The van der Waals surface area contributed by atoms with Crippen LogP contribution in [0.5, 0.6) is 0 Å². The van der Waals surface area contributed by atoms with E-state index in [0.29, 0.717) is 6.54 Å². The number of imidazole rings is 1. The first-order chi connectivity index (χ1) is 9.26. The summed E-state index contributed by atoms with van der Waals surface area (Å²) in [5, 5.41) is -0.177. The molecule has 1 amide bonds. The van der Waals surface area contributed by atoms with Crippen molar-refractivity contribution in [2.24, 2.45) is 0 Å². The van der Waals surface area contributed by atoms with Gasteiger partial charge in [0, 0.05) is 18.9 Å². The summed E-state index contributed by atoms with van der Waals surface area (Å²) in [5.41, 5.74) is -0.500. The Hall–Kier alpha value is -1.17. The van der Waals surface area contributed by atoms with Crippen molar-refractivity contribution in [3.63, 3.8) is 0 Å². The molecule has 1 aromatic heterocycles. The molecule has 0 fully saturated rings. The van der Waals surface area contributed by atoms with Crippen LogP contribution in [0.15, 0.2) is 12.4 Å². The predicted molar refractivity (Wildman–Crippen MR) is 83.0 cm³/mol. The molecule has 6 heteroatoms. The molecule has 1 N–H and O–H groups in total. The monoisotopic (exact) mass is 299 g/mol. The van der Waals surface area contributed by atoms with Crippen molar-refractivity contribution in [2.45, 2.75) is 57.9 Å². The number of nitrogens with one attached hydrogen (secondary N) is 1. The van der Waals surface area contributed by atoms with Gasteiger partial charge in [-0.15, -0.1) is 0 Å². The van der Waals surface area contributed by atoms with Crippen LogP contribution < -0.4 is 0 Å². The number of amides is 1. The average molecular weight is 299 g/mol. The Bertz CT molecular complexity index is 415. The topological polar surface area (TPSA) is 58.2 Å². The zero-order valence-corrected chi connectivity index (χ0v) is 13.8. The molecule has 0 aromatic carbocycles. The second-order valence-electron chi connectivity index (χ2n) is 5.83. The zero-order chi connectivity index (χ0) is 15.3. The van der Waals surface area contributed by atoms with E-state index in [0.717, 1.165) is 12.2 Å². The Labute approximate surface area is 126 Å². The molecule has 2 unspecified atom stereocenters. The molecular formula is C14H25N3O2S. The number of hydrogen-bond acceptors (Lipinski definition) is 4. The highest BCUT2D eigenvalue weighted by atomic mass is 32.1. The fraction of sp³-hybridized carbons (Fsp3) is 0.714. The Morgan fingerprint density at radius 3 is 2.65 bits per heavy atom. The van der Waals surface area contributed by atoms with Gasteiger partial charge in [0.2, 0.25) is 0 Å². The molecule has 1 heterocycles. The predicted octanol–water partition coefficient (Wildman–Crippen LogP) is 3.42. The third kappa shape index (κ3) is 4.74. The third-order valence-corrected chi connectivity index (χ3v) is 3.52. The van der Waals surface area contributed by atoms with E-state index in [1.807, 2.05) is 34.6 Å². The molecule has 5 nitrogen and oxygen atoms in total. The van der Waals surface area contributed by atoms with Gasteiger partial charge < -0.3 is 14.6 Å². The molecule has 0 bridgehead atoms. The summed E-state index contributed by atoms with van der Waals surface area (Å²) in [5.74, 6) is 0.755. The maximum Gasteiger partial charge on any atom is 0.410 e. The van der Waals surface area contributed by atoms with Gasteiger partial charge in [-0.05, 0) is 34.1 Å². The number of ether oxygens (including phenoxy) is 1. The van der Waals surface area contributed by atoms with Crippen molar-refractivity contribution in [1.82, 2.24) is 14.9 Å². The smallest absolute Gasteiger partial charge is 0.410 e. The molecule has 0 saturated heterocycles. The molecule has 0 aliphatic heterocycles. The molecule has 2 atom stereocenters. The molecule has 0 aliphatic carbocycles. The van der Waals surface area contributed by atoms with Crippen LogP contribution in [0.4, 0.5) is 4.79 Å². The Morgan fingerprint density at radius 1 is 1.55 bits per heavy atom. The first kappa shape index (κ1) is 16.9. The zero-order valence-electron chi connectivity index (χ0n) is 12.9. The van der Waals surface area contributed by atoms with Crippen LogP contribution in [0.1, 0.15) is 52.1 Å². The molecule has 0 radical (unpaired) electrons. The second-order valence-corrected chi connectivity index (χ2v) is 6.39. The van der Waals surface area contributed by atoms with E-state index in [-0.39, 0.29) is 17.4 Å². The lowest BCUT2D eigenvalue weighted by Crippen LogP contribution is -2.44. The van der Waals surface area contributed by atoms with Crippen LogP contribution in [0.25, 0.3) is 0 Å². The molecule has 114 valence electrons. The van der Waals surface area contributed by atoms with E-state index in [4.69, 9.17) is 4.74 Å². The van der Waals surface area contributed by atoms with Gasteiger partial charge in [0.25, 0.3) is 0 Å². The lowest BCUT2D eigenvalue weighted by atomic mass is 10.1. The summed E-state index contributed by atoms with van der Waals surface area (Å²) in [6.45, 7) is 10.2. The third-order valence-electron chi connectivity index (χ3n) is 2.84. The Kier molecular flexibility index (Phi) is 5.92. The van der Waals surface area contributed by atoms with Crippen LogP contribution in [0.3, 0.4) is 0 Å². The van der Waals surface area contributed by atoms with Crippen LogP contribution >= 0.6 is 12.6 Å². The SMILES string of the molecule is CCCN(C(=O)OC(C)(C)C)C(C)C(S)c1ncc[nH]1. The summed E-state index contributed by atoms with van der Waals surface area (Å²) < 4.78 is 5.46. The van der Waals surface area contributed by atoms with E-state index >= 15 is 0 Å². The fourth-order valence-corrected chi connectivity index (χ4v) is 2.16. The highest BCUT2D eigenvalue weighted by Gasteiger charge is 2.30. The molecular weight excluding hydrogens is 274 g/mol. The lowest BCUT2D eigenvalue weighted by molar-refractivity contribution is 0.0173. The summed E-state index contributed by atoms with van der Waals surface area (Å²) in [6, 6.07) is -0.112. The number of aromatic nitrogens is 2. The van der Waals surface area contributed by atoms with Crippen molar-refractivity contribution in [3.05, 3.63) is 18.2 Å². The minimum Gasteiger partial charge on any atom is -0.444 e. The van der Waals surface area contributed by atoms with Crippen molar-refractivity contribution in [2.75, 3.05) is 6.54 Å². The number of rotatable bonds is 5. The average Bonchev–Trinajstić information content (AvgIpc) is 2.85. The number of aromatic amines is 1. The normalized spacial score (nSPS) is 14.7. The van der Waals surface area contributed by atoms with Gasteiger partial charge >= 0.3 is 6.09 Å². The quantitative estimate of drug-likeness (QED) is 0.819. The van der Waals surface area contributed by atoms with Gasteiger partial charge in [-0.1, -0.05) is 6.92 Å². The van der Waals surface area contributed by atoms with Crippen molar-refractivity contribution < 1.29 is 9.53 Å². The second kappa shape index (κ2) is 7.02. The van der Waals surface area contributed by atoms with Crippen LogP contribution in [0, 0.1) is 0 Å². The summed E-state index contributed by atoms with van der Waals surface area (Å²) in [7, 11) is 0. The number of thiol groups is 1. The number of H-pyrrole nitrogens is 1. The minimum atomic E-state index is -0.500. The number of carbonyl (C=O) groups excluding carboxylic acids is 1. The maximum absolute atomic E-state index is 12.3. The van der Waals surface area contributed by atoms with E-state index in [1.54, 1.807) is 17.3 Å². The van der Waals surface area contributed by atoms with E-state index in [2.05, 4.69) is 22.6 Å². The Morgan fingerprint density at radius 2 is 2.20 bits per heavy atom. The standard InChI is InChI=1S/C14H25N3O2S/c1-6-9-17(13(18)19-14(3,4)5)10(2)11(20)12-15-7-8-16-12/h7-8,10-11,20H,6,9H2,1-5H3,(H,15,16). The van der Waals surface area contributed by atoms with Gasteiger partial charge in [-0.25, -0.2) is 9.78 Å². The van der Waals surface area contributed by atoms with Gasteiger partial charge in [-0.3, -0.25) is 0 Å². The number of hydrogen-bond donors (Lipinski definition) is 2. The van der Waals surface area contributed by atoms with Crippen LogP contribution in [-0.2, 0) is 4.74 Å². The Balaban J connectivity index is 2.81. The molecule has 1 aromatic rings. The van der Waals surface area contributed by atoms with Gasteiger partial charge in [0.1, 0.15) is 11.4 Å². The van der Waals surface area contributed by atoms with E-state index < -0.39 is 5.60 Å². The molecule has 20 heavy (non-hydrogen) atoms. The lowest BCUT2D eigenvalue weighted by Gasteiger charge is -2.33. The first-order valence-electron chi connectivity index (χ1n) is 6.93. The van der Waals surface area contributed by atoms with Crippen molar-refractivity contribution >= 4 is 18.7 Å². The highest BCUT2D eigenvalue weighted by molar-refractivity contribution is 7.80. The maximum atomic E-state index is 12.3. The highest BCUT2D eigenvalue weighted by Crippen LogP contribution is 2.26. The molecule has 0 aliphatic rings. The molecule has 0 spiro atoms. The minimum absolute atomic E-state index is 0.112.